The normalized spacial score (nSPS) is 21.0. The first kappa shape index (κ1) is 9.14. The van der Waals surface area contributed by atoms with Gasteiger partial charge in [0.25, 0.3) is 0 Å². The molecule has 6 nitrogen and oxygen atoms in total. The van der Waals surface area contributed by atoms with Gasteiger partial charge < -0.3 is 15.8 Å². The van der Waals surface area contributed by atoms with Gasteiger partial charge in [-0.25, -0.2) is 9.97 Å². The number of hydrogen-bond donors (Lipinski definition) is 2. The number of nitrogen functional groups attached to an aromatic ring is 1. The number of ether oxygens (including phenoxy) is 1. The molecule has 6 heteroatoms. The molecule has 0 aromatic carbocycles. The van der Waals surface area contributed by atoms with E-state index >= 15 is 0 Å². The molecule has 0 bridgehead atoms. The van der Waals surface area contributed by atoms with Gasteiger partial charge in [-0.2, -0.15) is 4.98 Å². The minimum Gasteiger partial charge on any atom is -0.376 e. The average molecular weight is 195 g/mol. The van der Waals surface area contributed by atoms with Gasteiger partial charge in [-0.05, 0) is 12.8 Å². The lowest BCUT2D eigenvalue weighted by atomic mass is 10.2. The van der Waals surface area contributed by atoms with Crippen molar-refractivity contribution >= 4 is 11.9 Å². The second-order valence-electron chi connectivity index (χ2n) is 3.18. The maximum atomic E-state index is 5.44. The molecular formula is C8H13N5O. The van der Waals surface area contributed by atoms with Gasteiger partial charge in [0.15, 0.2) is 0 Å². The van der Waals surface area contributed by atoms with Crippen LogP contribution in [0.1, 0.15) is 12.8 Å². The van der Waals surface area contributed by atoms with Crippen LogP contribution in [0.25, 0.3) is 0 Å². The third-order valence-corrected chi connectivity index (χ3v) is 2.10. The van der Waals surface area contributed by atoms with E-state index in [2.05, 4.69) is 20.3 Å². The SMILES string of the molecule is Nc1ncnc(NCC2CCCO2)n1. The first-order chi connectivity index (χ1) is 6.84. The van der Waals surface area contributed by atoms with E-state index in [1.807, 2.05) is 0 Å². The first-order valence-electron chi connectivity index (χ1n) is 4.64. The molecule has 0 amide bonds. The minimum atomic E-state index is 0.231. The second-order valence-corrected chi connectivity index (χ2v) is 3.18. The number of nitrogens with zero attached hydrogens (tertiary/aromatic N) is 3. The van der Waals surface area contributed by atoms with Crippen molar-refractivity contribution in [3.63, 3.8) is 0 Å². The number of nitrogens with one attached hydrogen (secondary N) is 1. The number of hydrogen-bond acceptors (Lipinski definition) is 6. The molecule has 1 unspecified atom stereocenters. The summed E-state index contributed by atoms with van der Waals surface area (Å²) in [6.45, 7) is 1.58. The van der Waals surface area contributed by atoms with E-state index in [-0.39, 0.29) is 12.1 Å². The van der Waals surface area contributed by atoms with E-state index in [0.717, 1.165) is 26.0 Å². The van der Waals surface area contributed by atoms with E-state index in [1.54, 1.807) is 0 Å². The van der Waals surface area contributed by atoms with Gasteiger partial charge in [0.2, 0.25) is 11.9 Å². The topological polar surface area (TPSA) is 86.0 Å². The van der Waals surface area contributed by atoms with E-state index in [4.69, 9.17) is 10.5 Å². The van der Waals surface area contributed by atoms with Crippen molar-refractivity contribution in [2.75, 3.05) is 24.2 Å². The van der Waals surface area contributed by atoms with Crippen LogP contribution in [0.15, 0.2) is 6.33 Å². The van der Waals surface area contributed by atoms with Crippen molar-refractivity contribution < 1.29 is 4.74 Å². The second kappa shape index (κ2) is 4.19. The summed E-state index contributed by atoms with van der Waals surface area (Å²) in [5, 5.41) is 3.06. The Morgan fingerprint density at radius 2 is 2.50 bits per heavy atom. The van der Waals surface area contributed by atoms with Crippen molar-refractivity contribution in [1.29, 1.82) is 0 Å². The van der Waals surface area contributed by atoms with Crippen molar-refractivity contribution in [2.24, 2.45) is 0 Å². The minimum absolute atomic E-state index is 0.231. The maximum absolute atomic E-state index is 5.44. The Hall–Kier alpha value is -1.43. The Morgan fingerprint density at radius 1 is 1.57 bits per heavy atom. The van der Waals surface area contributed by atoms with Crippen LogP contribution in [0.2, 0.25) is 0 Å². The highest BCUT2D eigenvalue weighted by Crippen LogP contribution is 2.12. The van der Waals surface area contributed by atoms with Crippen LogP contribution in [-0.2, 0) is 4.74 Å². The molecule has 1 aromatic heterocycles. The zero-order valence-electron chi connectivity index (χ0n) is 7.81. The molecule has 76 valence electrons. The van der Waals surface area contributed by atoms with Crippen LogP contribution in [0, 0.1) is 0 Å². The van der Waals surface area contributed by atoms with Crippen LogP contribution in [-0.4, -0.2) is 34.2 Å². The largest absolute Gasteiger partial charge is 0.376 e. The third-order valence-electron chi connectivity index (χ3n) is 2.10. The Kier molecular flexibility index (Phi) is 2.73. The molecule has 1 saturated heterocycles. The summed E-state index contributed by atoms with van der Waals surface area (Å²) >= 11 is 0. The summed E-state index contributed by atoms with van der Waals surface area (Å²) in [4.78, 5) is 11.6. The monoisotopic (exact) mass is 195 g/mol. The Bertz CT molecular complexity index is 300. The zero-order chi connectivity index (χ0) is 9.80. The quantitative estimate of drug-likeness (QED) is 0.708. The van der Waals surface area contributed by atoms with Crippen molar-refractivity contribution in [1.82, 2.24) is 15.0 Å². The summed E-state index contributed by atoms with van der Waals surface area (Å²) in [7, 11) is 0. The number of rotatable bonds is 3. The van der Waals surface area contributed by atoms with Crippen molar-refractivity contribution in [3.8, 4) is 0 Å². The highest BCUT2D eigenvalue weighted by Gasteiger charge is 2.15. The molecule has 1 fully saturated rings. The lowest BCUT2D eigenvalue weighted by molar-refractivity contribution is 0.120. The molecule has 1 aliphatic heterocycles. The van der Waals surface area contributed by atoms with E-state index in [0.29, 0.717) is 5.95 Å². The molecule has 3 N–H and O–H groups in total. The molecule has 1 aromatic rings. The Labute approximate surface area is 81.9 Å². The summed E-state index contributed by atoms with van der Waals surface area (Å²) in [5.74, 6) is 0.739. The predicted molar refractivity (Wildman–Crippen MR) is 51.7 cm³/mol. The van der Waals surface area contributed by atoms with Gasteiger partial charge in [0, 0.05) is 13.2 Å². The Morgan fingerprint density at radius 3 is 3.21 bits per heavy atom. The molecule has 0 aliphatic carbocycles. The Balaban J connectivity index is 1.85. The van der Waals surface area contributed by atoms with Crippen LogP contribution in [0.3, 0.4) is 0 Å². The van der Waals surface area contributed by atoms with Gasteiger partial charge in [-0.1, -0.05) is 0 Å². The fraction of sp³-hybridized carbons (Fsp3) is 0.625. The average Bonchev–Trinajstić information content (AvgIpc) is 2.67. The number of aromatic nitrogens is 3. The van der Waals surface area contributed by atoms with Gasteiger partial charge in [0.05, 0.1) is 6.10 Å². The van der Waals surface area contributed by atoms with Crippen LogP contribution in [0.5, 0.6) is 0 Å². The standard InChI is InChI=1S/C8H13N5O/c9-7-11-5-12-8(13-7)10-4-6-2-1-3-14-6/h5-6H,1-4H2,(H3,9,10,11,12,13). The lowest BCUT2D eigenvalue weighted by Gasteiger charge is -2.09. The van der Waals surface area contributed by atoms with Gasteiger partial charge in [0.1, 0.15) is 6.33 Å². The van der Waals surface area contributed by atoms with Gasteiger partial charge in [-0.3, -0.25) is 0 Å². The number of nitrogens with two attached hydrogens (primary N) is 1. The number of anilines is 2. The molecule has 2 rings (SSSR count). The highest BCUT2D eigenvalue weighted by molar-refractivity contribution is 5.28. The van der Waals surface area contributed by atoms with Gasteiger partial charge >= 0.3 is 0 Å². The summed E-state index contributed by atoms with van der Waals surface area (Å²) < 4.78 is 5.44. The molecule has 0 spiro atoms. The summed E-state index contributed by atoms with van der Waals surface area (Å²) in [6, 6.07) is 0. The predicted octanol–water partition coefficient (Wildman–Crippen LogP) is 0.0447. The van der Waals surface area contributed by atoms with Crippen LogP contribution < -0.4 is 11.1 Å². The van der Waals surface area contributed by atoms with E-state index < -0.39 is 0 Å². The van der Waals surface area contributed by atoms with Crippen LogP contribution >= 0.6 is 0 Å². The van der Waals surface area contributed by atoms with Gasteiger partial charge in [-0.15, -0.1) is 0 Å². The fourth-order valence-electron chi connectivity index (χ4n) is 1.40. The molecule has 14 heavy (non-hydrogen) atoms. The molecular weight excluding hydrogens is 182 g/mol. The smallest absolute Gasteiger partial charge is 0.227 e. The van der Waals surface area contributed by atoms with E-state index in [9.17, 15) is 0 Å². The van der Waals surface area contributed by atoms with E-state index in [1.165, 1.54) is 6.33 Å². The maximum Gasteiger partial charge on any atom is 0.227 e. The highest BCUT2D eigenvalue weighted by atomic mass is 16.5. The fourth-order valence-corrected chi connectivity index (χ4v) is 1.40. The van der Waals surface area contributed by atoms with Crippen LogP contribution in [0.4, 0.5) is 11.9 Å². The molecule has 1 aliphatic rings. The third kappa shape index (κ3) is 2.29. The molecule has 0 radical (unpaired) electrons. The summed E-state index contributed by atoms with van der Waals surface area (Å²) in [5.41, 5.74) is 5.41. The molecule has 1 atom stereocenters. The lowest BCUT2D eigenvalue weighted by Crippen LogP contribution is -2.19. The molecule has 2 heterocycles. The first-order valence-corrected chi connectivity index (χ1v) is 4.64. The van der Waals surface area contributed by atoms with Crippen molar-refractivity contribution in [2.45, 2.75) is 18.9 Å². The van der Waals surface area contributed by atoms with Crippen molar-refractivity contribution in [3.05, 3.63) is 6.33 Å². The zero-order valence-corrected chi connectivity index (χ0v) is 7.81. The summed E-state index contributed by atoms with van der Waals surface area (Å²) in [6.07, 6.45) is 3.88. The molecule has 0 saturated carbocycles.